The Labute approximate surface area is 98.4 Å². The molecule has 16 heavy (non-hydrogen) atoms. The maximum atomic E-state index is 6.11. The fraction of sp³-hybridized carbons (Fsp3) is 0.750. The van der Waals surface area contributed by atoms with E-state index in [9.17, 15) is 0 Å². The highest BCUT2D eigenvalue weighted by molar-refractivity contribution is 5.13. The van der Waals surface area contributed by atoms with Crippen LogP contribution in [0.15, 0.2) is 12.4 Å². The van der Waals surface area contributed by atoms with Crippen molar-refractivity contribution in [3.63, 3.8) is 0 Å². The van der Waals surface area contributed by atoms with Crippen LogP contribution in [0.4, 0.5) is 0 Å². The van der Waals surface area contributed by atoms with Crippen molar-refractivity contribution in [1.29, 1.82) is 0 Å². The van der Waals surface area contributed by atoms with Crippen molar-refractivity contribution in [2.45, 2.75) is 45.8 Å². The first-order valence-corrected chi connectivity index (χ1v) is 5.97. The van der Waals surface area contributed by atoms with Crippen LogP contribution in [0.1, 0.15) is 39.3 Å². The normalized spacial score (nSPS) is 15.8. The van der Waals surface area contributed by atoms with E-state index in [1.807, 2.05) is 17.9 Å². The summed E-state index contributed by atoms with van der Waals surface area (Å²) in [6.07, 6.45) is 3.97. The van der Waals surface area contributed by atoms with E-state index in [1.165, 1.54) is 5.56 Å². The number of likely N-dealkylation sites (N-methyl/N-ethyl adjacent to an activating group) is 1. The van der Waals surface area contributed by atoms with E-state index in [4.69, 9.17) is 5.73 Å². The second-order valence-corrected chi connectivity index (χ2v) is 4.68. The number of nitrogens with zero attached hydrogens (tertiary/aromatic N) is 3. The zero-order valence-electron chi connectivity index (χ0n) is 11.0. The average molecular weight is 224 g/mol. The first-order valence-electron chi connectivity index (χ1n) is 5.97. The Balaban J connectivity index is 2.98. The topological polar surface area (TPSA) is 47.1 Å². The van der Waals surface area contributed by atoms with Gasteiger partial charge in [-0.05, 0) is 27.3 Å². The number of aryl methyl sites for hydroxylation is 1. The molecular formula is C12H24N4. The number of hydrogen-bond donors (Lipinski definition) is 1. The lowest BCUT2D eigenvalue weighted by Gasteiger charge is -2.35. The Morgan fingerprint density at radius 1 is 1.44 bits per heavy atom. The summed E-state index contributed by atoms with van der Waals surface area (Å²) in [5.74, 6) is 0. The van der Waals surface area contributed by atoms with Gasteiger partial charge < -0.3 is 5.73 Å². The standard InChI is InChI=1S/C12H24N4/c1-6-16(9(2)3)12(10(4)13)11-7-14-15(5)8-11/h7-10,12H,6,13H2,1-5H3. The lowest BCUT2D eigenvalue weighted by atomic mass is 10.0. The van der Waals surface area contributed by atoms with Gasteiger partial charge in [-0.3, -0.25) is 9.58 Å². The maximum Gasteiger partial charge on any atom is 0.0538 e. The number of aromatic nitrogens is 2. The summed E-state index contributed by atoms with van der Waals surface area (Å²) in [7, 11) is 1.94. The summed E-state index contributed by atoms with van der Waals surface area (Å²) in [4.78, 5) is 2.40. The molecule has 0 bridgehead atoms. The Bertz CT molecular complexity index is 317. The predicted octanol–water partition coefficient (Wildman–Crippen LogP) is 1.54. The van der Waals surface area contributed by atoms with Gasteiger partial charge in [-0.15, -0.1) is 0 Å². The van der Waals surface area contributed by atoms with E-state index in [1.54, 1.807) is 0 Å². The fourth-order valence-corrected chi connectivity index (χ4v) is 2.27. The molecule has 4 nitrogen and oxygen atoms in total. The van der Waals surface area contributed by atoms with Gasteiger partial charge in [-0.1, -0.05) is 6.92 Å². The fourth-order valence-electron chi connectivity index (χ4n) is 2.27. The third kappa shape index (κ3) is 2.83. The minimum absolute atomic E-state index is 0.103. The molecule has 0 spiro atoms. The van der Waals surface area contributed by atoms with Crippen LogP contribution in [0.3, 0.4) is 0 Å². The molecular weight excluding hydrogens is 200 g/mol. The first kappa shape index (κ1) is 13.2. The minimum atomic E-state index is 0.103. The third-order valence-electron chi connectivity index (χ3n) is 2.95. The van der Waals surface area contributed by atoms with Gasteiger partial charge in [0.15, 0.2) is 0 Å². The molecule has 0 saturated carbocycles. The quantitative estimate of drug-likeness (QED) is 0.825. The van der Waals surface area contributed by atoms with Crippen LogP contribution < -0.4 is 5.73 Å². The van der Waals surface area contributed by atoms with E-state index in [-0.39, 0.29) is 12.1 Å². The molecule has 0 aliphatic carbocycles. The van der Waals surface area contributed by atoms with Gasteiger partial charge in [-0.2, -0.15) is 5.10 Å². The molecule has 1 heterocycles. The van der Waals surface area contributed by atoms with E-state index < -0.39 is 0 Å². The van der Waals surface area contributed by atoms with E-state index in [0.717, 1.165) is 6.54 Å². The van der Waals surface area contributed by atoms with Crippen LogP contribution in [0.2, 0.25) is 0 Å². The Morgan fingerprint density at radius 3 is 2.38 bits per heavy atom. The van der Waals surface area contributed by atoms with Crippen molar-refractivity contribution < 1.29 is 0 Å². The molecule has 0 aliphatic heterocycles. The van der Waals surface area contributed by atoms with Crippen molar-refractivity contribution in [3.8, 4) is 0 Å². The van der Waals surface area contributed by atoms with E-state index >= 15 is 0 Å². The van der Waals surface area contributed by atoms with Crippen molar-refractivity contribution in [1.82, 2.24) is 14.7 Å². The molecule has 0 radical (unpaired) electrons. The SMILES string of the molecule is CCN(C(C)C)C(c1cnn(C)c1)C(C)N. The molecule has 0 amide bonds. The lowest BCUT2D eigenvalue weighted by molar-refractivity contribution is 0.144. The first-order chi connectivity index (χ1) is 7.47. The molecule has 1 aromatic heterocycles. The molecule has 1 rings (SSSR count). The van der Waals surface area contributed by atoms with Gasteiger partial charge >= 0.3 is 0 Å². The van der Waals surface area contributed by atoms with Crippen LogP contribution in [-0.2, 0) is 7.05 Å². The molecule has 2 atom stereocenters. The summed E-state index contributed by atoms with van der Waals surface area (Å²) in [6, 6.07) is 0.839. The summed E-state index contributed by atoms with van der Waals surface area (Å²) >= 11 is 0. The van der Waals surface area contributed by atoms with Gasteiger partial charge in [0.2, 0.25) is 0 Å². The molecule has 2 unspecified atom stereocenters. The lowest BCUT2D eigenvalue weighted by Crippen LogP contribution is -2.42. The summed E-state index contributed by atoms with van der Waals surface area (Å²) < 4.78 is 1.83. The minimum Gasteiger partial charge on any atom is -0.326 e. The van der Waals surface area contributed by atoms with Gasteiger partial charge in [0.1, 0.15) is 0 Å². The largest absolute Gasteiger partial charge is 0.326 e. The molecule has 0 fully saturated rings. The molecule has 0 aromatic carbocycles. The smallest absolute Gasteiger partial charge is 0.0538 e. The van der Waals surface area contributed by atoms with E-state index in [0.29, 0.717) is 6.04 Å². The summed E-state index contributed by atoms with van der Waals surface area (Å²) in [6.45, 7) is 9.64. The third-order valence-corrected chi connectivity index (χ3v) is 2.95. The van der Waals surface area contributed by atoms with Gasteiger partial charge in [0.25, 0.3) is 0 Å². The van der Waals surface area contributed by atoms with Crippen LogP contribution in [0.5, 0.6) is 0 Å². The average Bonchev–Trinajstić information content (AvgIpc) is 2.59. The second kappa shape index (κ2) is 5.46. The van der Waals surface area contributed by atoms with Crippen LogP contribution in [0.25, 0.3) is 0 Å². The van der Waals surface area contributed by atoms with Crippen molar-refractivity contribution in [3.05, 3.63) is 18.0 Å². The van der Waals surface area contributed by atoms with Crippen LogP contribution >= 0.6 is 0 Å². The van der Waals surface area contributed by atoms with Crippen molar-refractivity contribution >= 4 is 0 Å². The summed E-state index contributed by atoms with van der Waals surface area (Å²) in [5, 5.41) is 4.23. The monoisotopic (exact) mass is 224 g/mol. The van der Waals surface area contributed by atoms with Crippen molar-refractivity contribution in [2.24, 2.45) is 12.8 Å². The molecule has 0 aliphatic rings. The zero-order chi connectivity index (χ0) is 12.3. The maximum absolute atomic E-state index is 6.11. The predicted molar refractivity (Wildman–Crippen MR) is 67.1 cm³/mol. The molecule has 92 valence electrons. The Morgan fingerprint density at radius 2 is 2.06 bits per heavy atom. The molecule has 1 aromatic rings. The molecule has 4 heteroatoms. The van der Waals surface area contributed by atoms with Crippen LogP contribution in [0, 0.1) is 0 Å². The zero-order valence-corrected chi connectivity index (χ0v) is 11.0. The molecule has 2 N–H and O–H groups in total. The highest BCUT2D eigenvalue weighted by Crippen LogP contribution is 2.24. The van der Waals surface area contributed by atoms with E-state index in [2.05, 4.69) is 43.9 Å². The highest BCUT2D eigenvalue weighted by Gasteiger charge is 2.25. The Hall–Kier alpha value is -0.870. The van der Waals surface area contributed by atoms with Gasteiger partial charge in [-0.25, -0.2) is 0 Å². The van der Waals surface area contributed by atoms with Gasteiger partial charge in [0.05, 0.1) is 12.2 Å². The highest BCUT2D eigenvalue weighted by atomic mass is 15.3. The van der Waals surface area contributed by atoms with Crippen molar-refractivity contribution in [2.75, 3.05) is 6.54 Å². The summed E-state index contributed by atoms with van der Waals surface area (Å²) in [5.41, 5.74) is 7.32. The number of nitrogens with two attached hydrogens (primary N) is 1. The molecule has 0 saturated heterocycles. The van der Waals surface area contributed by atoms with Crippen LogP contribution in [-0.4, -0.2) is 33.3 Å². The Kier molecular flexibility index (Phi) is 4.50. The second-order valence-electron chi connectivity index (χ2n) is 4.68. The number of hydrogen-bond acceptors (Lipinski definition) is 3. The van der Waals surface area contributed by atoms with Gasteiger partial charge in [0, 0.05) is 30.9 Å². The number of rotatable bonds is 5.